The summed E-state index contributed by atoms with van der Waals surface area (Å²) in [4.78, 5) is 13.8. The van der Waals surface area contributed by atoms with Crippen LogP contribution in [-0.4, -0.2) is 50.8 Å². The molecule has 21 heavy (non-hydrogen) atoms. The molecule has 0 saturated carbocycles. The zero-order valence-corrected chi connectivity index (χ0v) is 12.8. The molecule has 1 unspecified atom stereocenters. The summed E-state index contributed by atoms with van der Waals surface area (Å²) in [5.74, 6) is 1.47. The van der Waals surface area contributed by atoms with E-state index >= 15 is 0 Å². The van der Waals surface area contributed by atoms with Crippen LogP contribution in [0.15, 0.2) is 24.3 Å². The number of carbonyl (C=O) groups excluding carboxylic acids is 1. The second kappa shape index (κ2) is 8.00. The van der Waals surface area contributed by atoms with Gasteiger partial charge < -0.3 is 14.8 Å². The van der Waals surface area contributed by atoms with Crippen LogP contribution in [0.3, 0.4) is 0 Å². The highest BCUT2D eigenvalue weighted by molar-refractivity contribution is 5.91. The molecule has 1 fully saturated rings. The first kappa shape index (κ1) is 15.8. The van der Waals surface area contributed by atoms with Crippen molar-refractivity contribution in [2.75, 3.05) is 45.3 Å². The third-order valence-corrected chi connectivity index (χ3v) is 3.60. The molecule has 1 aromatic rings. The van der Waals surface area contributed by atoms with E-state index < -0.39 is 0 Å². The molecule has 1 aromatic carbocycles. The van der Waals surface area contributed by atoms with Crippen molar-refractivity contribution in [1.82, 2.24) is 4.90 Å². The Morgan fingerprint density at radius 3 is 2.76 bits per heavy atom. The van der Waals surface area contributed by atoms with E-state index in [1.54, 1.807) is 0 Å². The lowest BCUT2D eigenvalue weighted by Gasteiger charge is -2.15. The predicted molar refractivity (Wildman–Crippen MR) is 82.7 cm³/mol. The van der Waals surface area contributed by atoms with E-state index in [4.69, 9.17) is 9.47 Å². The molecule has 1 aliphatic rings. The summed E-state index contributed by atoms with van der Waals surface area (Å²) < 4.78 is 10.5. The maximum Gasteiger partial charge on any atom is 0.250 e. The van der Waals surface area contributed by atoms with Crippen molar-refractivity contribution in [3.63, 3.8) is 0 Å². The Morgan fingerprint density at radius 2 is 2.14 bits per heavy atom. The summed E-state index contributed by atoms with van der Waals surface area (Å²) in [6, 6.07) is 7.41. The summed E-state index contributed by atoms with van der Waals surface area (Å²) in [6.45, 7) is 6.37. The molecule has 1 aliphatic heterocycles. The summed E-state index contributed by atoms with van der Waals surface area (Å²) in [7, 11) is 1.50. The Kier molecular flexibility index (Phi) is 6.02. The van der Waals surface area contributed by atoms with Crippen LogP contribution < -0.4 is 10.1 Å². The lowest BCUT2D eigenvalue weighted by molar-refractivity contribution is -0.119. The maximum absolute atomic E-state index is 11.4. The minimum atomic E-state index is -0.158. The van der Waals surface area contributed by atoms with E-state index in [1.165, 1.54) is 26.6 Å². The van der Waals surface area contributed by atoms with Crippen molar-refractivity contribution < 1.29 is 14.3 Å². The predicted octanol–water partition coefficient (Wildman–Crippen LogP) is 1.99. The largest absolute Gasteiger partial charge is 0.492 e. The number of anilines is 1. The third kappa shape index (κ3) is 5.36. The fourth-order valence-corrected chi connectivity index (χ4v) is 2.48. The molecular formula is C16H24N2O3. The molecule has 1 heterocycles. The number of benzene rings is 1. The lowest BCUT2D eigenvalue weighted by atomic mass is 10.2. The van der Waals surface area contributed by atoms with Gasteiger partial charge in [0.1, 0.15) is 19.0 Å². The Morgan fingerprint density at radius 1 is 1.38 bits per heavy atom. The van der Waals surface area contributed by atoms with Gasteiger partial charge in [-0.25, -0.2) is 0 Å². The summed E-state index contributed by atoms with van der Waals surface area (Å²) in [5.41, 5.74) is 0.748. The van der Waals surface area contributed by atoms with Gasteiger partial charge in [0.15, 0.2) is 0 Å². The van der Waals surface area contributed by atoms with Crippen molar-refractivity contribution in [1.29, 1.82) is 0 Å². The Balaban J connectivity index is 1.71. The Hall–Kier alpha value is -1.59. The van der Waals surface area contributed by atoms with Crippen molar-refractivity contribution in [3.8, 4) is 5.75 Å². The van der Waals surface area contributed by atoms with E-state index in [0.29, 0.717) is 6.61 Å². The van der Waals surface area contributed by atoms with E-state index in [9.17, 15) is 4.79 Å². The first-order chi connectivity index (χ1) is 10.2. The molecule has 1 amide bonds. The Bertz CT molecular complexity index is 447. The number of hydrogen-bond donors (Lipinski definition) is 1. The number of hydrogen-bond acceptors (Lipinski definition) is 4. The quantitative estimate of drug-likeness (QED) is 0.835. The molecule has 0 spiro atoms. The van der Waals surface area contributed by atoms with Crippen LogP contribution in [-0.2, 0) is 9.53 Å². The van der Waals surface area contributed by atoms with E-state index in [-0.39, 0.29) is 12.5 Å². The molecular weight excluding hydrogens is 268 g/mol. The average Bonchev–Trinajstić information content (AvgIpc) is 2.87. The summed E-state index contributed by atoms with van der Waals surface area (Å²) >= 11 is 0. The molecule has 1 atom stereocenters. The second-order valence-electron chi connectivity index (χ2n) is 5.55. The molecule has 1 N–H and O–H groups in total. The van der Waals surface area contributed by atoms with E-state index in [1.807, 2.05) is 24.3 Å². The minimum Gasteiger partial charge on any atom is -0.492 e. The third-order valence-electron chi connectivity index (χ3n) is 3.60. The smallest absolute Gasteiger partial charge is 0.250 e. The van der Waals surface area contributed by atoms with Crippen LogP contribution in [0, 0.1) is 5.92 Å². The van der Waals surface area contributed by atoms with Crippen LogP contribution >= 0.6 is 0 Å². The number of nitrogens with zero attached hydrogens (tertiary/aromatic N) is 1. The molecule has 116 valence electrons. The van der Waals surface area contributed by atoms with Gasteiger partial charge in [-0.2, -0.15) is 0 Å². The number of likely N-dealkylation sites (tertiary alicyclic amines) is 1. The number of amides is 1. The van der Waals surface area contributed by atoms with Gasteiger partial charge in [-0.3, -0.25) is 9.69 Å². The van der Waals surface area contributed by atoms with Gasteiger partial charge in [0.2, 0.25) is 5.91 Å². The second-order valence-corrected chi connectivity index (χ2v) is 5.55. The Labute approximate surface area is 126 Å². The van der Waals surface area contributed by atoms with Crippen LogP contribution in [0.2, 0.25) is 0 Å². The molecule has 0 aromatic heterocycles. The molecule has 0 radical (unpaired) electrons. The highest BCUT2D eigenvalue weighted by Crippen LogP contribution is 2.17. The highest BCUT2D eigenvalue weighted by Gasteiger charge is 2.17. The number of carbonyl (C=O) groups is 1. The van der Waals surface area contributed by atoms with Crippen molar-refractivity contribution in [2.24, 2.45) is 5.92 Å². The lowest BCUT2D eigenvalue weighted by Crippen LogP contribution is -2.25. The van der Waals surface area contributed by atoms with Gasteiger partial charge in [-0.1, -0.05) is 6.92 Å². The first-order valence-corrected chi connectivity index (χ1v) is 7.41. The molecule has 5 nitrogen and oxygen atoms in total. The van der Waals surface area contributed by atoms with Crippen LogP contribution in [0.5, 0.6) is 5.75 Å². The first-order valence-electron chi connectivity index (χ1n) is 7.41. The summed E-state index contributed by atoms with van der Waals surface area (Å²) in [5, 5.41) is 2.75. The van der Waals surface area contributed by atoms with Gasteiger partial charge in [0.05, 0.1) is 0 Å². The molecule has 1 saturated heterocycles. The van der Waals surface area contributed by atoms with Crippen molar-refractivity contribution in [2.45, 2.75) is 13.3 Å². The van der Waals surface area contributed by atoms with Gasteiger partial charge in [-0.05, 0) is 43.1 Å². The molecule has 0 bridgehead atoms. The number of rotatable bonds is 7. The topological polar surface area (TPSA) is 50.8 Å². The van der Waals surface area contributed by atoms with Gasteiger partial charge in [0, 0.05) is 25.9 Å². The molecule has 0 aliphatic carbocycles. The van der Waals surface area contributed by atoms with E-state index in [2.05, 4.69) is 17.1 Å². The number of ether oxygens (including phenoxy) is 2. The SMILES string of the molecule is COCC(=O)Nc1ccc(OCCN2CCC(C)C2)cc1. The minimum absolute atomic E-state index is 0.0620. The maximum atomic E-state index is 11.4. The number of methoxy groups -OCH3 is 1. The van der Waals surface area contributed by atoms with Gasteiger partial charge in [0.25, 0.3) is 0 Å². The fraction of sp³-hybridized carbons (Fsp3) is 0.562. The van der Waals surface area contributed by atoms with Crippen LogP contribution in [0.4, 0.5) is 5.69 Å². The number of nitrogens with one attached hydrogen (secondary N) is 1. The van der Waals surface area contributed by atoms with Crippen LogP contribution in [0.1, 0.15) is 13.3 Å². The van der Waals surface area contributed by atoms with Crippen LogP contribution in [0.25, 0.3) is 0 Å². The van der Waals surface area contributed by atoms with Gasteiger partial charge in [-0.15, -0.1) is 0 Å². The fourth-order valence-electron chi connectivity index (χ4n) is 2.48. The van der Waals surface area contributed by atoms with Crippen molar-refractivity contribution in [3.05, 3.63) is 24.3 Å². The monoisotopic (exact) mass is 292 g/mol. The standard InChI is InChI=1S/C16H24N2O3/c1-13-7-8-18(11-13)9-10-21-15-5-3-14(4-6-15)17-16(19)12-20-2/h3-6,13H,7-12H2,1-2H3,(H,17,19). The van der Waals surface area contributed by atoms with Crippen molar-refractivity contribution >= 4 is 11.6 Å². The van der Waals surface area contributed by atoms with Gasteiger partial charge >= 0.3 is 0 Å². The average molecular weight is 292 g/mol. The molecule has 2 rings (SSSR count). The van der Waals surface area contributed by atoms with E-state index in [0.717, 1.165) is 23.9 Å². The molecule has 5 heteroatoms. The normalized spacial score (nSPS) is 18.7. The zero-order valence-electron chi connectivity index (χ0n) is 12.8. The highest BCUT2D eigenvalue weighted by atomic mass is 16.5. The zero-order chi connectivity index (χ0) is 15.1. The summed E-state index contributed by atoms with van der Waals surface area (Å²) in [6.07, 6.45) is 1.29.